The van der Waals surface area contributed by atoms with Crippen LogP contribution < -0.4 is 0 Å². The average molecular weight is 192 g/mol. The van der Waals surface area contributed by atoms with Gasteiger partial charge in [0, 0.05) is 10.5 Å². The predicted octanol–water partition coefficient (Wildman–Crippen LogP) is 2.14. The first-order chi connectivity index (χ1) is 6.20. The summed E-state index contributed by atoms with van der Waals surface area (Å²) in [6.45, 7) is 1.66. The van der Waals surface area contributed by atoms with E-state index in [4.69, 9.17) is 0 Å². The van der Waals surface area contributed by atoms with Gasteiger partial charge in [0.1, 0.15) is 0 Å². The molecule has 0 saturated heterocycles. The van der Waals surface area contributed by atoms with Crippen molar-refractivity contribution in [1.82, 2.24) is 0 Å². The third kappa shape index (κ3) is 1.29. The third-order valence-corrected chi connectivity index (χ3v) is 3.24. The lowest BCUT2D eigenvalue weighted by atomic mass is 10.00. The van der Waals surface area contributed by atoms with Crippen LogP contribution in [0.25, 0.3) is 0 Å². The number of thioether (sulfide) groups is 1. The highest BCUT2D eigenvalue weighted by atomic mass is 32.2. The minimum Gasteiger partial charge on any atom is -0.293 e. The zero-order valence-corrected chi connectivity index (χ0v) is 7.93. The summed E-state index contributed by atoms with van der Waals surface area (Å²) in [5.41, 5.74) is 0.680. The first kappa shape index (κ1) is 8.51. The van der Waals surface area contributed by atoms with E-state index in [1.807, 2.05) is 18.2 Å². The van der Waals surface area contributed by atoms with Gasteiger partial charge in [0.25, 0.3) is 0 Å². The summed E-state index contributed by atoms with van der Waals surface area (Å²) in [6, 6.07) is 7.23. The van der Waals surface area contributed by atoms with Crippen LogP contribution in [0.5, 0.6) is 0 Å². The lowest BCUT2D eigenvalue weighted by Gasteiger charge is -2.17. The number of benzene rings is 1. The molecule has 2 nitrogen and oxygen atoms in total. The van der Waals surface area contributed by atoms with Gasteiger partial charge in [0.15, 0.2) is 5.78 Å². The molecule has 2 rings (SSSR count). The van der Waals surface area contributed by atoms with Crippen LogP contribution in [0.2, 0.25) is 0 Å². The Morgan fingerprint density at radius 3 is 2.69 bits per heavy atom. The second-order valence-electron chi connectivity index (χ2n) is 3.00. The van der Waals surface area contributed by atoms with Gasteiger partial charge in [-0.25, -0.2) is 0 Å². The molecular weight excluding hydrogens is 184 g/mol. The fourth-order valence-corrected chi connectivity index (χ4v) is 2.22. The number of carbonyl (C=O) groups excluding carboxylic acids is 2. The van der Waals surface area contributed by atoms with Crippen molar-refractivity contribution < 1.29 is 9.59 Å². The van der Waals surface area contributed by atoms with Crippen LogP contribution >= 0.6 is 11.8 Å². The van der Waals surface area contributed by atoms with E-state index in [-0.39, 0.29) is 10.9 Å². The van der Waals surface area contributed by atoms with Gasteiger partial charge in [-0.3, -0.25) is 9.59 Å². The van der Waals surface area contributed by atoms with Crippen molar-refractivity contribution in [3.8, 4) is 0 Å². The molecule has 0 fully saturated rings. The number of hydrogen-bond acceptors (Lipinski definition) is 3. The van der Waals surface area contributed by atoms with E-state index in [1.165, 1.54) is 0 Å². The molecule has 3 heteroatoms. The summed E-state index contributed by atoms with van der Waals surface area (Å²) in [6.07, 6.45) is 0. The number of rotatable bonds is 0. The van der Waals surface area contributed by atoms with Crippen LogP contribution in [0.15, 0.2) is 29.2 Å². The Kier molecular flexibility index (Phi) is 1.96. The Morgan fingerprint density at radius 1 is 1.23 bits per heavy atom. The summed E-state index contributed by atoms with van der Waals surface area (Å²) in [7, 11) is 0. The fourth-order valence-electron chi connectivity index (χ4n) is 1.30. The van der Waals surface area contributed by atoms with Gasteiger partial charge in [-0.05, 0) is 13.0 Å². The second-order valence-corrected chi connectivity index (χ2v) is 4.05. The first-order valence-electron chi connectivity index (χ1n) is 4.05. The maximum atomic E-state index is 11.6. The number of Topliss-reactive ketones (excluding diaryl/α,β-unsaturated/α-hetero) is 1. The summed E-state index contributed by atoms with van der Waals surface area (Å²) in [5, 5.41) is -0.0521. The van der Waals surface area contributed by atoms with Crippen LogP contribution in [0.1, 0.15) is 17.3 Å². The minimum absolute atomic E-state index is 0.0521. The fraction of sp³-hybridized carbons (Fsp3) is 0.200. The van der Waals surface area contributed by atoms with E-state index in [1.54, 1.807) is 13.0 Å². The molecule has 1 aliphatic rings. The van der Waals surface area contributed by atoms with E-state index in [0.29, 0.717) is 5.56 Å². The van der Waals surface area contributed by atoms with E-state index >= 15 is 0 Å². The molecule has 13 heavy (non-hydrogen) atoms. The zero-order valence-electron chi connectivity index (χ0n) is 7.11. The van der Waals surface area contributed by atoms with Crippen molar-refractivity contribution in [2.45, 2.75) is 11.8 Å². The van der Waals surface area contributed by atoms with Crippen molar-refractivity contribution in [2.24, 2.45) is 5.92 Å². The van der Waals surface area contributed by atoms with Gasteiger partial charge in [-0.15, -0.1) is 0 Å². The van der Waals surface area contributed by atoms with E-state index in [2.05, 4.69) is 0 Å². The maximum absolute atomic E-state index is 11.6. The smallest absolute Gasteiger partial charge is 0.204 e. The van der Waals surface area contributed by atoms with Crippen molar-refractivity contribution in [1.29, 1.82) is 0 Å². The lowest BCUT2D eigenvalue weighted by molar-refractivity contribution is -0.112. The van der Waals surface area contributed by atoms with E-state index in [0.717, 1.165) is 16.7 Å². The van der Waals surface area contributed by atoms with Gasteiger partial charge in [-0.1, -0.05) is 30.0 Å². The summed E-state index contributed by atoms with van der Waals surface area (Å²) in [5.74, 6) is -0.542. The molecule has 66 valence electrons. The highest BCUT2D eigenvalue weighted by Crippen LogP contribution is 2.33. The molecule has 1 aliphatic heterocycles. The zero-order chi connectivity index (χ0) is 9.42. The molecule has 0 N–H and O–H groups in total. The SMILES string of the molecule is CC1C(=O)Sc2ccccc2C1=O. The first-order valence-corrected chi connectivity index (χ1v) is 4.87. The Hall–Kier alpha value is -1.09. The molecule has 0 saturated carbocycles. The topological polar surface area (TPSA) is 34.1 Å². The van der Waals surface area contributed by atoms with Crippen molar-refractivity contribution in [3.05, 3.63) is 29.8 Å². The molecule has 1 unspecified atom stereocenters. The van der Waals surface area contributed by atoms with E-state index < -0.39 is 5.92 Å². The average Bonchev–Trinajstić information content (AvgIpc) is 2.15. The molecule has 1 heterocycles. The number of hydrogen-bond donors (Lipinski definition) is 0. The number of carbonyl (C=O) groups is 2. The largest absolute Gasteiger partial charge is 0.293 e. The summed E-state index contributed by atoms with van der Waals surface area (Å²) < 4.78 is 0. The molecule has 0 radical (unpaired) electrons. The van der Waals surface area contributed by atoms with Crippen molar-refractivity contribution in [2.75, 3.05) is 0 Å². The Labute approximate surface area is 80.3 Å². The van der Waals surface area contributed by atoms with Crippen LogP contribution in [0.3, 0.4) is 0 Å². The molecular formula is C10H8O2S. The van der Waals surface area contributed by atoms with Crippen LogP contribution in [-0.4, -0.2) is 10.9 Å². The van der Waals surface area contributed by atoms with Gasteiger partial charge in [-0.2, -0.15) is 0 Å². The molecule has 1 aromatic carbocycles. The molecule has 0 spiro atoms. The predicted molar refractivity (Wildman–Crippen MR) is 50.8 cm³/mol. The van der Waals surface area contributed by atoms with Crippen LogP contribution in [0.4, 0.5) is 0 Å². The number of fused-ring (bicyclic) bond motifs is 1. The highest BCUT2D eigenvalue weighted by Gasteiger charge is 2.30. The second kappa shape index (κ2) is 3.00. The van der Waals surface area contributed by atoms with Crippen LogP contribution in [0, 0.1) is 5.92 Å². The quantitative estimate of drug-likeness (QED) is 0.590. The Bertz CT molecular complexity index is 384. The summed E-state index contributed by atoms with van der Waals surface area (Å²) in [4.78, 5) is 23.7. The van der Waals surface area contributed by atoms with Gasteiger partial charge < -0.3 is 0 Å². The number of ketones is 1. The lowest BCUT2D eigenvalue weighted by Crippen LogP contribution is -2.23. The summed E-state index contributed by atoms with van der Waals surface area (Å²) >= 11 is 1.16. The highest BCUT2D eigenvalue weighted by molar-refractivity contribution is 8.14. The monoisotopic (exact) mass is 192 g/mol. The van der Waals surface area contributed by atoms with Gasteiger partial charge in [0.05, 0.1) is 5.92 Å². The van der Waals surface area contributed by atoms with Gasteiger partial charge >= 0.3 is 0 Å². The van der Waals surface area contributed by atoms with Gasteiger partial charge in [0.2, 0.25) is 5.12 Å². The van der Waals surface area contributed by atoms with Crippen molar-refractivity contribution >= 4 is 22.7 Å². The normalized spacial score (nSPS) is 21.5. The molecule has 0 aromatic heterocycles. The van der Waals surface area contributed by atoms with Crippen LogP contribution in [-0.2, 0) is 4.79 Å². The Balaban J connectivity index is 2.55. The molecule has 1 atom stereocenters. The minimum atomic E-state index is -0.486. The molecule has 0 bridgehead atoms. The molecule has 0 aliphatic carbocycles. The standard InChI is InChI=1S/C10H8O2S/c1-6-9(11)7-4-2-3-5-8(7)13-10(6)12/h2-6H,1H3. The maximum Gasteiger partial charge on any atom is 0.204 e. The van der Waals surface area contributed by atoms with Crippen molar-refractivity contribution in [3.63, 3.8) is 0 Å². The van der Waals surface area contributed by atoms with E-state index in [9.17, 15) is 9.59 Å². The Morgan fingerprint density at radius 2 is 1.92 bits per heavy atom. The molecule has 0 amide bonds. The molecule has 1 aromatic rings. The third-order valence-electron chi connectivity index (χ3n) is 2.11.